The van der Waals surface area contributed by atoms with Crippen molar-refractivity contribution in [3.8, 4) is 16.9 Å². The number of nitrogens with zero attached hydrogens (tertiary/aromatic N) is 1. The van der Waals surface area contributed by atoms with Crippen LogP contribution in [0.4, 0.5) is 5.69 Å². The summed E-state index contributed by atoms with van der Waals surface area (Å²) in [5, 5.41) is 9.09. The number of carboxylic acids is 1. The number of hydrogen-bond acceptors (Lipinski definition) is 4. The molecular weight excluding hydrogens is 438 g/mol. The molecule has 3 aromatic carbocycles. The van der Waals surface area contributed by atoms with Gasteiger partial charge >= 0.3 is 5.97 Å². The predicted molar refractivity (Wildman–Crippen MR) is 128 cm³/mol. The van der Waals surface area contributed by atoms with Crippen molar-refractivity contribution in [3.05, 3.63) is 77.9 Å². The molecule has 1 aliphatic rings. The number of carbonyl (C=O) groups is 1. The molecule has 1 N–H and O–H groups in total. The second-order valence-corrected chi connectivity index (χ2v) is 10.1. The summed E-state index contributed by atoms with van der Waals surface area (Å²) in [6, 6.07) is 20.5. The van der Waals surface area contributed by atoms with Crippen LogP contribution in [0, 0.1) is 6.92 Å². The highest BCUT2D eigenvalue weighted by atomic mass is 32.2. The zero-order valence-electron chi connectivity index (χ0n) is 18.7. The number of rotatable bonds is 7. The normalized spacial score (nSPS) is 15.6. The zero-order valence-corrected chi connectivity index (χ0v) is 19.5. The molecule has 33 heavy (non-hydrogen) atoms. The van der Waals surface area contributed by atoms with Crippen molar-refractivity contribution in [2.45, 2.75) is 44.1 Å². The van der Waals surface area contributed by atoms with Crippen LogP contribution in [0.25, 0.3) is 11.1 Å². The van der Waals surface area contributed by atoms with E-state index in [0.717, 1.165) is 23.1 Å². The monoisotopic (exact) mass is 465 g/mol. The summed E-state index contributed by atoms with van der Waals surface area (Å²) in [5.41, 5.74) is 4.39. The first-order chi connectivity index (χ1) is 15.8. The van der Waals surface area contributed by atoms with Gasteiger partial charge < -0.3 is 9.84 Å². The van der Waals surface area contributed by atoms with Crippen molar-refractivity contribution in [3.63, 3.8) is 0 Å². The van der Waals surface area contributed by atoms with Crippen molar-refractivity contribution in [1.82, 2.24) is 0 Å². The first kappa shape index (κ1) is 22.9. The molecule has 1 atom stereocenters. The van der Waals surface area contributed by atoms with Crippen molar-refractivity contribution in [2.75, 3.05) is 10.8 Å². The Hall–Kier alpha value is -3.32. The lowest BCUT2D eigenvalue weighted by atomic mass is 10.0. The van der Waals surface area contributed by atoms with Crippen LogP contribution in [-0.2, 0) is 21.2 Å². The number of aryl methyl sites for hydroxylation is 2. The average Bonchev–Trinajstić information content (AvgIpc) is 2.81. The molecular formula is C26H27NO5S. The summed E-state index contributed by atoms with van der Waals surface area (Å²) in [4.78, 5) is 11.3. The van der Waals surface area contributed by atoms with Crippen molar-refractivity contribution in [1.29, 1.82) is 0 Å². The van der Waals surface area contributed by atoms with Crippen LogP contribution in [0.2, 0.25) is 0 Å². The molecule has 0 aliphatic carbocycles. The number of benzene rings is 3. The highest BCUT2D eigenvalue weighted by Crippen LogP contribution is 2.40. The smallest absolute Gasteiger partial charge is 0.303 e. The van der Waals surface area contributed by atoms with Crippen LogP contribution in [0.1, 0.15) is 30.9 Å². The number of carboxylic acid groups (broad SMARTS) is 1. The number of fused-ring (bicyclic) bond motifs is 1. The third-order valence-corrected chi connectivity index (χ3v) is 7.59. The lowest BCUT2D eigenvalue weighted by molar-refractivity contribution is -0.137. The van der Waals surface area contributed by atoms with Gasteiger partial charge in [0.15, 0.2) is 0 Å². The minimum Gasteiger partial charge on any atom is -0.486 e. The molecule has 0 amide bonds. The SMILES string of the molecule is CCc1cccc(-c2ccc3c(c2)N(S(=O)(=O)c2cccc(C)c2)C[C@H](CCC(=O)O)O3)c1. The van der Waals surface area contributed by atoms with Gasteiger partial charge in [-0.2, -0.15) is 0 Å². The van der Waals surface area contributed by atoms with Crippen LogP contribution >= 0.6 is 0 Å². The minimum atomic E-state index is -3.88. The quantitative estimate of drug-likeness (QED) is 0.528. The lowest BCUT2D eigenvalue weighted by Gasteiger charge is -2.35. The average molecular weight is 466 g/mol. The van der Waals surface area contributed by atoms with E-state index >= 15 is 0 Å². The summed E-state index contributed by atoms with van der Waals surface area (Å²) in [7, 11) is -3.88. The first-order valence-corrected chi connectivity index (χ1v) is 12.4. The van der Waals surface area contributed by atoms with Gasteiger partial charge in [-0.05, 0) is 66.3 Å². The van der Waals surface area contributed by atoms with E-state index in [-0.39, 0.29) is 24.3 Å². The fourth-order valence-electron chi connectivity index (χ4n) is 4.03. The van der Waals surface area contributed by atoms with Crippen molar-refractivity contribution >= 4 is 21.7 Å². The molecule has 4 rings (SSSR count). The highest BCUT2D eigenvalue weighted by molar-refractivity contribution is 7.92. The molecule has 1 heterocycles. The van der Waals surface area contributed by atoms with Gasteiger partial charge in [-0.3, -0.25) is 9.10 Å². The van der Waals surface area contributed by atoms with Gasteiger partial charge in [0.05, 0.1) is 17.1 Å². The second-order valence-electron chi connectivity index (χ2n) is 8.26. The summed E-state index contributed by atoms with van der Waals surface area (Å²) >= 11 is 0. The van der Waals surface area contributed by atoms with Crippen LogP contribution < -0.4 is 9.04 Å². The summed E-state index contributed by atoms with van der Waals surface area (Å²) in [5.74, 6) is -0.507. The van der Waals surface area contributed by atoms with Crippen LogP contribution in [0.5, 0.6) is 5.75 Å². The van der Waals surface area contributed by atoms with Crippen LogP contribution in [0.15, 0.2) is 71.6 Å². The first-order valence-electron chi connectivity index (χ1n) is 11.0. The summed E-state index contributed by atoms with van der Waals surface area (Å²) in [6.07, 6.45) is 0.471. The van der Waals surface area contributed by atoms with Gasteiger partial charge in [0.25, 0.3) is 10.0 Å². The Labute approximate surface area is 194 Å². The van der Waals surface area contributed by atoms with E-state index in [2.05, 4.69) is 19.1 Å². The third-order valence-electron chi connectivity index (χ3n) is 5.82. The zero-order chi connectivity index (χ0) is 23.6. The Morgan fingerprint density at radius 1 is 1.06 bits per heavy atom. The van der Waals surface area contributed by atoms with Gasteiger partial charge in [0, 0.05) is 6.42 Å². The van der Waals surface area contributed by atoms with E-state index in [1.54, 1.807) is 24.3 Å². The number of aliphatic carboxylic acids is 1. The Balaban J connectivity index is 1.80. The van der Waals surface area contributed by atoms with E-state index in [0.29, 0.717) is 11.4 Å². The standard InChI is InChI=1S/C26H27NO5S/c1-3-19-7-5-8-20(15-19)21-10-12-25-24(16-21)27(17-22(32-25)11-13-26(28)29)33(30,31)23-9-4-6-18(2)14-23/h4-10,12,14-16,22H,3,11,13,17H2,1-2H3,(H,28,29)/t22-/m0/s1. The fraction of sp³-hybridized carbons (Fsp3) is 0.269. The summed E-state index contributed by atoms with van der Waals surface area (Å²) < 4.78 is 34.8. The van der Waals surface area contributed by atoms with Crippen LogP contribution in [0.3, 0.4) is 0 Å². The topological polar surface area (TPSA) is 83.9 Å². The van der Waals surface area contributed by atoms with Gasteiger partial charge in [-0.1, -0.05) is 49.4 Å². The molecule has 0 fully saturated rings. The summed E-state index contributed by atoms with van der Waals surface area (Å²) in [6.45, 7) is 3.99. The van der Waals surface area contributed by atoms with Gasteiger partial charge in [-0.15, -0.1) is 0 Å². The molecule has 172 valence electrons. The fourth-order valence-corrected chi connectivity index (χ4v) is 5.63. The van der Waals surface area contributed by atoms with Crippen molar-refractivity contribution in [2.24, 2.45) is 0 Å². The number of anilines is 1. The molecule has 0 spiro atoms. The Bertz CT molecular complexity index is 1290. The largest absolute Gasteiger partial charge is 0.486 e. The molecule has 0 bridgehead atoms. The molecule has 0 aromatic heterocycles. The van der Waals surface area contributed by atoms with Gasteiger partial charge in [-0.25, -0.2) is 8.42 Å². The Kier molecular flexibility index (Phi) is 6.42. The molecule has 6 nitrogen and oxygen atoms in total. The minimum absolute atomic E-state index is 0.0506. The van der Waals surface area contributed by atoms with Crippen LogP contribution in [-0.4, -0.2) is 32.1 Å². The third kappa shape index (κ3) is 4.88. The van der Waals surface area contributed by atoms with Gasteiger partial charge in [0.1, 0.15) is 11.9 Å². The maximum absolute atomic E-state index is 13.7. The number of sulfonamides is 1. The van der Waals surface area contributed by atoms with E-state index < -0.39 is 22.1 Å². The second kappa shape index (κ2) is 9.27. The van der Waals surface area contributed by atoms with E-state index in [9.17, 15) is 13.2 Å². The van der Waals surface area contributed by atoms with Gasteiger partial charge in [0.2, 0.25) is 0 Å². The molecule has 1 aliphatic heterocycles. The lowest BCUT2D eigenvalue weighted by Crippen LogP contribution is -2.43. The molecule has 0 saturated carbocycles. The predicted octanol–water partition coefficient (Wildman–Crippen LogP) is 5.05. The molecule has 0 saturated heterocycles. The Morgan fingerprint density at radius 2 is 1.82 bits per heavy atom. The molecule has 7 heteroatoms. The van der Waals surface area contributed by atoms with Crippen molar-refractivity contribution < 1.29 is 23.1 Å². The van der Waals surface area contributed by atoms with E-state index in [4.69, 9.17) is 9.84 Å². The number of hydrogen-bond donors (Lipinski definition) is 1. The Morgan fingerprint density at radius 3 is 2.55 bits per heavy atom. The van der Waals surface area contributed by atoms with E-state index in [1.165, 1.54) is 9.87 Å². The maximum Gasteiger partial charge on any atom is 0.303 e. The maximum atomic E-state index is 13.7. The molecule has 0 radical (unpaired) electrons. The highest BCUT2D eigenvalue weighted by Gasteiger charge is 2.35. The number of ether oxygens (including phenoxy) is 1. The van der Waals surface area contributed by atoms with E-state index in [1.807, 2.05) is 37.3 Å². The molecule has 3 aromatic rings. The molecule has 0 unspecified atom stereocenters.